The Bertz CT molecular complexity index is 1650. The van der Waals surface area contributed by atoms with Crippen molar-refractivity contribution in [3.63, 3.8) is 0 Å². The van der Waals surface area contributed by atoms with Gasteiger partial charge in [0.2, 0.25) is 10.0 Å². The van der Waals surface area contributed by atoms with Crippen LogP contribution in [-0.2, 0) is 27.8 Å². The minimum atomic E-state index is -4.26. The molecule has 3 N–H and O–H groups in total. The van der Waals surface area contributed by atoms with Gasteiger partial charge >= 0.3 is 0 Å². The Morgan fingerprint density at radius 3 is 2.36 bits per heavy atom. The molecule has 1 aromatic heterocycles. The minimum Gasteiger partial charge on any atom is -0.493 e. The van der Waals surface area contributed by atoms with E-state index in [4.69, 9.17) is 9.47 Å². The molecule has 0 bridgehead atoms. The summed E-state index contributed by atoms with van der Waals surface area (Å²) in [6.45, 7) is 0.124. The molecule has 0 fully saturated rings. The highest BCUT2D eigenvalue weighted by atomic mass is 32.2. The van der Waals surface area contributed by atoms with E-state index in [1.165, 1.54) is 41.5 Å². The number of H-pyrrole nitrogens is 1. The Morgan fingerprint density at radius 2 is 1.69 bits per heavy atom. The number of rotatable bonds is 8. The Labute approximate surface area is 224 Å². The second-order valence-corrected chi connectivity index (χ2v) is 10.7. The number of ether oxygens (including phenoxy) is 2. The zero-order chi connectivity index (χ0) is 27.6. The number of hydrogen-bond acceptors (Lipinski definition) is 7. The molecule has 0 radical (unpaired) electrons. The molecule has 4 aromatic rings. The van der Waals surface area contributed by atoms with Crippen LogP contribution in [0.5, 0.6) is 17.2 Å². The van der Waals surface area contributed by atoms with Crippen LogP contribution in [0.4, 0.5) is 0 Å². The average Bonchev–Trinajstić information content (AvgIpc) is 3.28. The van der Waals surface area contributed by atoms with Crippen molar-refractivity contribution in [1.82, 2.24) is 19.6 Å². The van der Waals surface area contributed by atoms with Crippen molar-refractivity contribution >= 4 is 15.9 Å². The molecule has 1 unspecified atom stereocenters. The van der Waals surface area contributed by atoms with Crippen LogP contribution in [0.3, 0.4) is 0 Å². The van der Waals surface area contributed by atoms with Gasteiger partial charge in [-0.05, 0) is 42.0 Å². The normalized spacial score (nSPS) is 15.4. The number of benzene rings is 3. The van der Waals surface area contributed by atoms with Crippen molar-refractivity contribution in [2.24, 2.45) is 0 Å². The van der Waals surface area contributed by atoms with E-state index < -0.39 is 27.5 Å². The lowest BCUT2D eigenvalue weighted by Crippen LogP contribution is -2.48. The zero-order valence-corrected chi connectivity index (χ0v) is 21.7. The first-order valence-electron chi connectivity index (χ1n) is 12.1. The van der Waals surface area contributed by atoms with Crippen molar-refractivity contribution in [2.75, 3.05) is 13.7 Å². The number of nitrogens with zero attached hydrogens (tertiary/aromatic N) is 2. The topological polar surface area (TPSA) is 143 Å². The standard InChI is InChI=1S/C27H26N4O7S/c1-37-22-9-5-6-10-23(22)38-19-11-13-20(14-12-19)39(35,36)31-16-15-21-24(25(31)26(32)29-34)27(33)30(28-21)17-18-7-3-2-4-8-18/h2-14,25,28,34H,15-17H2,1H3,(H,29,32). The Morgan fingerprint density at radius 1 is 1.03 bits per heavy atom. The smallest absolute Gasteiger partial charge is 0.272 e. The molecule has 39 heavy (non-hydrogen) atoms. The monoisotopic (exact) mass is 550 g/mol. The SMILES string of the molecule is COc1ccccc1Oc1ccc(S(=O)(=O)N2CCc3[nH]n(Cc4ccccc4)c(=O)c3C2C(=O)NO)cc1. The molecule has 3 aromatic carbocycles. The van der Waals surface area contributed by atoms with Gasteiger partial charge in [0, 0.05) is 18.7 Å². The van der Waals surface area contributed by atoms with Gasteiger partial charge in [0.05, 0.1) is 24.1 Å². The number of fused-ring (bicyclic) bond motifs is 1. The summed E-state index contributed by atoms with van der Waals surface area (Å²) in [6.07, 6.45) is 0.176. The third-order valence-electron chi connectivity index (χ3n) is 6.48. The van der Waals surface area contributed by atoms with E-state index in [-0.39, 0.29) is 30.0 Å². The second kappa shape index (κ2) is 10.8. The van der Waals surface area contributed by atoms with Gasteiger partial charge in [0.15, 0.2) is 11.5 Å². The van der Waals surface area contributed by atoms with E-state index in [1.54, 1.807) is 24.3 Å². The Kier molecular flexibility index (Phi) is 7.24. The zero-order valence-electron chi connectivity index (χ0n) is 20.9. The van der Waals surface area contributed by atoms with Gasteiger partial charge in [-0.15, -0.1) is 0 Å². The van der Waals surface area contributed by atoms with Crippen molar-refractivity contribution in [3.8, 4) is 17.2 Å². The molecule has 1 aliphatic rings. The predicted octanol–water partition coefficient (Wildman–Crippen LogP) is 2.82. The lowest BCUT2D eigenvalue weighted by molar-refractivity contribution is -0.133. The molecular weight excluding hydrogens is 524 g/mol. The fourth-order valence-corrected chi connectivity index (χ4v) is 6.18. The summed E-state index contributed by atoms with van der Waals surface area (Å²) < 4.78 is 40.7. The number of aromatic amines is 1. The second-order valence-electron chi connectivity index (χ2n) is 8.85. The van der Waals surface area contributed by atoms with E-state index >= 15 is 0 Å². The molecule has 5 rings (SSSR count). The molecule has 1 amide bonds. The summed E-state index contributed by atoms with van der Waals surface area (Å²) in [7, 11) is -2.74. The number of aromatic nitrogens is 2. The van der Waals surface area contributed by atoms with Crippen LogP contribution in [0.1, 0.15) is 22.9 Å². The summed E-state index contributed by atoms with van der Waals surface area (Å²) in [5.41, 5.74) is 2.25. The highest BCUT2D eigenvalue weighted by molar-refractivity contribution is 7.89. The molecular formula is C27H26N4O7S. The first kappa shape index (κ1) is 26.2. The third-order valence-corrected chi connectivity index (χ3v) is 8.36. The Hall–Kier alpha value is -4.39. The molecule has 0 saturated heterocycles. The van der Waals surface area contributed by atoms with E-state index in [1.807, 2.05) is 30.3 Å². The van der Waals surface area contributed by atoms with Crippen molar-refractivity contribution in [1.29, 1.82) is 0 Å². The van der Waals surface area contributed by atoms with E-state index in [0.717, 1.165) is 9.87 Å². The maximum atomic E-state index is 13.7. The number of carbonyl (C=O) groups excluding carboxylic acids is 1. The number of methoxy groups -OCH3 is 1. The number of carbonyl (C=O) groups is 1. The summed E-state index contributed by atoms with van der Waals surface area (Å²) in [5, 5.41) is 12.5. The average molecular weight is 551 g/mol. The summed E-state index contributed by atoms with van der Waals surface area (Å²) in [6, 6.07) is 20.4. The van der Waals surface area contributed by atoms with Crippen molar-refractivity contribution < 1.29 is 27.9 Å². The first-order chi connectivity index (χ1) is 18.8. The molecule has 11 nitrogen and oxygen atoms in total. The van der Waals surface area contributed by atoms with Gasteiger partial charge in [-0.25, -0.2) is 18.6 Å². The lowest BCUT2D eigenvalue weighted by atomic mass is 10.0. The highest BCUT2D eigenvalue weighted by Gasteiger charge is 2.43. The van der Waals surface area contributed by atoms with Gasteiger partial charge in [-0.1, -0.05) is 42.5 Å². The number of sulfonamides is 1. The van der Waals surface area contributed by atoms with Crippen LogP contribution in [0.2, 0.25) is 0 Å². The summed E-state index contributed by atoms with van der Waals surface area (Å²) in [4.78, 5) is 26.0. The fourth-order valence-electron chi connectivity index (χ4n) is 4.62. The van der Waals surface area contributed by atoms with Crippen LogP contribution in [0.25, 0.3) is 0 Å². The lowest BCUT2D eigenvalue weighted by Gasteiger charge is -2.32. The van der Waals surface area contributed by atoms with Gasteiger partial charge in [-0.2, -0.15) is 4.31 Å². The number of hydrogen-bond donors (Lipinski definition) is 3. The van der Waals surface area contributed by atoms with Crippen LogP contribution in [0.15, 0.2) is 88.6 Å². The molecule has 0 spiro atoms. The molecule has 0 aliphatic carbocycles. The van der Waals surface area contributed by atoms with Gasteiger partial charge < -0.3 is 9.47 Å². The van der Waals surface area contributed by atoms with Crippen molar-refractivity contribution in [2.45, 2.75) is 23.9 Å². The summed E-state index contributed by atoms with van der Waals surface area (Å²) >= 11 is 0. The van der Waals surface area contributed by atoms with E-state index in [9.17, 15) is 23.2 Å². The number of amides is 1. The molecule has 202 valence electrons. The van der Waals surface area contributed by atoms with Crippen LogP contribution in [0, 0.1) is 0 Å². The third kappa shape index (κ3) is 5.04. The van der Waals surface area contributed by atoms with Gasteiger partial charge in [0.1, 0.15) is 11.8 Å². The highest BCUT2D eigenvalue weighted by Crippen LogP contribution is 2.34. The largest absolute Gasteiger partial charge is 0.493 e. The quantitative estimate of drug-likeness (QED) is 0.226. The molecule has 1 aliphatic heterocycles. The van der Waals surface area contributed by atoms with Gasteiger partial charge in [0.25, 0.3) is 11.5 Å². The van der Waals surface area contributed by atoms with Crippen LogP contribution in [-0.4, -0.2) is 47.3 Å². The number of para-hydroxylation sites is 2. The van der Waals surface area contributed by atoms with Crippen molar-refractivity contribution in [3.05, 3.63) is 106 Å². The first-order valence-corrected chi connectivity index (χ1v) is 13.5. The number of nitrogens with one attached hydrogen (secondary N) is 2. The van der Waals surface area contributed by atoms with E-state index in [2.05, 4.69) is 5.10 Å². The fraction of sp³-hybridized carbons (Fsp3) is 0.185. The molecule has 12 heteroatoms. The van der Waals surface area contributed by atoms with E-state index in [0.29, 0.717) is 22.9 Å². The number of hydroxylamine groups is 1. The predicted molar refractivity (Wildman–Crippen MR) is 140 cm³/mol. The Balaban J connectivity index is 1.45. The maximum absolute atomic E-state index is 13.7. The van der Waals surface area contributed by atoms with Gasteiger partial charge in [-0.3, -0.25) is 19.9 Å². The summed E-state index contributed by atoms with van der Waals surface area (Å²) in [5.74, 6) is 0.316. The molecule has 2 heterocycles. The minimum absolute atomic E-state index is 0.0246. The maximum Gasteiger partial charge on any atom is 0.272 e. The molecule has 1 atom stereocenters. The van der Waals surface area contributed by atoms with Crippen LogP contribution >= 0.6 is 0 Å². The van der Waals surface area contributed by atoms with Crippen LogP contribution < -0.4 is 20.5 Å². The molecule has 0 saturated carbocycles.